The molecule has 4 heterocycles. The number of carbonyl (C=O) groups is 6. The highest BCUT2D eigenvalue weighted by Gasteiger charge is 2.62. The maximum atomic E-state index is 15.4. The third-order valence-electron chi connectivity index (χ3n) is 20.3. The van der Waals surface area contributed by atoms with Gasteiger partial charge in [0, 0.05) is 32.6 Å². The number of carbonyl (C=O) groups excluding carboxylic acids is 6. The van der Waals surface area contributed by atoms with Crippen molar-refractivity contribution in [2.24, 2.45) is 5.11 Å². The zero-order chi connectivity index (χ0) is 82.2. The molecule has 4 saturated heterocycles. The lowest BCUT2D eigenvalue weighted by Crippen LogP contribution is -2.72. The van der Waals surface area contributed by atoms with Crippen molar-refractivity contribution in [1.82, 2.24) is 4.90 Å². The largest absolute Gasteiger partial charge is 0.467 e. The Morgan fingerprint density at radius 2 is 0.800 bits per heavy atom. The topological polar surface area (TPSA) is 330 Å². The first-order chi connectivity index (χ1) is 55.4. The van der Waals surface area contributed by atoms with Crippen LogP contribution in [-0.4, -0.2) is 206 Å². The first kappa shape index (κ1) is 88.4. The minimum atomic E-state index is -2.84. The highest BCUT2D eigenvalue weighted by atomic mass is 28.4. The standard InChI is InChI=1S/C85H104N4O25Si/c1-13-44-100-71-72(103-49-61-40-28-18-29-41-61)77(105-55(4)92)83(112-75(71)79(94)96-9)110-68-64(52-99-46-58-34-22-15-23-35-58)108-82(66(89(53(2)90)54(3)91)70(68)102-48-60-38-26-17-27-39-60)111-74-73(104-50-62-42-30-19-31-43-62)78(106-56(5)93)84(113-76(74)80(95)97-10)109-67-63(51-98-45-57-32-20-14-21-33-57)107-81(114-115(11,12)85(6,7)8)65(87-88-86)69(67)101-47-59-36-24-16-25-37-59/h13-43,63-78,81-84H,1,44-52H2,2-12H3/t63-,64-,65-,66-,67-,68-,69-,70-,71+,72+,73+,74+,75-,76-,77-,78-,81+,82-,83-,84-/m1/s1. The monoisotopic (exact) mass is 1610 g/mol. The maximum Gasteiger partial charge on any atom is 0.337 e. The molecule has 4 aliphatic heterocycles. The first-order valence-corrected chi connectivity index (χ1v) is 41.0. The van der Waals surface area contributed by atoms with Crippen LogP contribution in [-0.2, 0) is 158 Å². The number of imide groups is 1. The molecule has 0 saturated carbocycles. The summed E-state index contributed by atoms with van der Waals surface area (Å²) in [6, 6.07) is 51.3. The van der Waals surface area contributed by atoms with Crippen LogP contribution in [0.5, 0.6) is 0 Å². The number of hydrogen-bond donors (Lipinski definition) is 0. The molecule has 0 N–H and O–H groups in total. The molecule has 0 aliphatic carbocycles. The molecule has 20 atom stereocenters. The van der Waals surface area contributed by atoms with E-state index in [0.717, 1.165) is 52.4 Å². The highest BCUT2D eigenvalue weighted by Crippen LogP contribution is 2.44. The van der Waals surface area contributed by atoms with E-state index in [-0.39, 0.29) is 52.9 Å². The van der Waals surface area contributed by atoms with Gasteiger partial charge in [-0.3, -0.25) is 24.1 Å². The Morgan fingerprint density at radius 1 is 0.452 bits per heavy atom. The number of azide groups is 1. The lowest BCUT2D eigenvalue weighted by atomic mass is 9.92. The van der Waals surface area contributed by atoms with Crippen LogP contribution in [0.2, 0.25) is 18.1 Å². The predicted octanol–water partition coefficient (Wildman–Crippen LogP) is 11.1. The van der Waals surface area contributed by atoms with E-state index in [0.29, 0.717) is 27.8 Å². The normalized spacial score (nSPS) is 27.5. The van der Waals surface area contributed by atoms with Crippen molar-refractivity contribution >= 4 is 44.0 Å². The zero-order valence-corrected chi connectivity index (χ0v) is 67.5. The van der Waals surface area contributed by atoms with Gasteiger partial charge in [0.05, 0.1) is 73.7 Å². The van der Waals surface area contributed by atoms with Gasteiger partial charge in [0.1, 0.15) is 73.1 Å². The van der Waals surface area contributed by atoms with Crippen LogP contribution in [0.15, 0.2) is 200 Å². The van der Waals surface area contributed by atoms with Crippen molar-refractivity contribution in [1.29, 1.82) is 0 Å². The van der Waals surface area contributed by atoms with E-state index in [1.807, 2.05) is 131 Å². The van der Waals surface area contributed by atoms with Gasteiger partial charge in [-0.1, -0.05) is 214 Å². The summed E-state index contributed by atoms with van der Waals surface area (Å²) in [6.07, 6.45) is -28.0. The molecule has 0 spiro atoms. The minimum Gasteiger partial charge on any atom is -0.467 e. The summed E-state index contributed by atoms with van der Waals surface area (Å²) in [6.45, 7) is 17.0. The van der Waals surface area contributed by atoms with Gasteiger partial charge >= 0.3 is 23.9 Å². The van der Waals surface area contributed by atoms with Gasteiger partial charge in [-0.2, -0.15) is 0 Å². The van der Waals surface area contributed by atoms with Gasteiger partial charge < -0.3 is 89.7 Å². The second-order valence-electron chi connectivity index (χ2n) is 29.5. The zero-order valence-electron chi connectivity index (χ0n) is 66.5. The smallest absolute Gasteiger partial charge is 0.337 e. The molecule has 0 aromatic heterocycles. The summed E-state index contributed by atoms with van der Waals surface area (Å²) in [7, 11) is -0.602. The quantitative estimate of drug-likeness (QED) is 0.00665. The van der Waals surface area contributed by atoms with Gasteiger partial charge in [-0.05, 0) is 57.0 Å². The summed E-state index contributed by atoms with van der Waals surface area (Å²) < 4.78 is 128. The highest BCUT2D eigenvalue weighted by molar-refractivity contribution is 6.74. The number of nitrogens with zero attached hydrogens (tertiary/aromatic N) is 4. The van der Waals surface area contributed by atoms with Crippen LogP contribution in [0.3, 0.4) is 0 Å². The van der Waals surface area contributed by atoms with Crippen molar-refractivity contribution in [2.75, 3.05) is 34.0 Å². The molecular formula is C85H104N4O25Si. The maximum absolute atomic E-state index is 15.4. The minimum absolute atomic E-state index is 0.0527. The van der Waals surface area contributed by atoms with Crippen molar-refractivity contribution in [3.8, 4) is 0 Å². The fourth-order valence-corrected chi connectivity index (χ4v) is 14.9. The molecule has 4 aliphatic rings. The van der Waals surface area contributed by atoms with Crippen LogP contribution in [0.1, 0.15) is 81.8 Å². The fraction of sp³-hybridized carbons (Fsp3) is 0.482. The van der Waals surface area contributed by atoms with Crippen LogP contribution >= 0.6 is 0 Å². The van der Waals surface area contributed by atoms with Crippen LogP contribution in [0.4, 0.5) is 0 Å². The Hall–Kier alpha value is -8.99. The molecule has 0 bridgehead atoms. The van der Waals surface area contributed by atoms with Gasteiger partial charge in [0.15, 0.2) is 57.9 Å². The van der Waals surface area contributed by atoms with Crippen molar-refractivity contribution < 1.29 is 118 Å². The summed E-state index contributed by atoms with van der Waals surface area (Å²) in [5.41, 5.74) is 14.7. The van der Waals surface area contributed by atoms with Crippen LogP contribution < -0.4 is 0 Å². The van der Waals surface area contributed by atoms with Gasteiger partial charge in [-0.15, -0.1) is 6.58 Å². The average Bonchev–Trinajstić information content (AvgIpc) is 0.747. The van der Waals surface area contributed by atoms with Crippen molar-refractivity contribution in [3.05, 3.63) is 238 Å². The number of esters is 4. The first-order valence-electron chi connectivity index (χ1n) is 38.1. The van der Waals surface area contributed by atoms with Gasteiger partial charge in [0.25, 0.3) is 0 Å². The third kappa shape index (κ3) is 23.9. The molecular weight excluding hydrogens is 1510 g/mol. The van der Waals surface area contributed by atoms with Crippen LogP contribution in [0, 0.1) is 0 Å². The van der Waals surface area contributed by atoms with E-state index in [1.54, 1.807) is 84.9 Å². The second kappa shape index (κ2) is 42.7. The number of methoxy groups -OCH3 is 2. The number of benzene rings is 6. The Bertz CT molecular complexity index is 4100. The predicted molar refractivity (Wildman–Crippen MR) is 415 cm³/mol. The lowest BCUT2D eigenvalue weighted by molar-refractivity contribution is -0.381. The molecule has 618 valence electrons. The molecule has 6 aromatic carbocycles. The molecule has 29 nitrogen and oxygen atoms in total. The molecule has 0 radical (unpaired) electrons. The average molecular weight is 1610 g/mol. The van der Waals surface area contributed by atoms with E-state index in [1.165, 1.54) is 6.08 Å². The van der Waals surface area contributed by atoms with Crippen molar-refractivity contribution in [2.45, 2.75) is 229 Å². The van der Waals surface area contributed by atoms with E-state index >= 15 is 4.79 Å². The van der Waals surface area contributed by atoms with E-state index in [9.17, 15) is 29.5 Å². The number of hydrogen-bond acceptors (Lipinski definition) is 26. The Balaban J connectivity index is 1.14. The van der Waals surface area contributed by atoms with Crippen molar-refractivity contribution in [3.63, 3.8) is 0 Å². The molecule has 0 unspecified atom stereocenters. The van der Waals surface area contributed by atoms with Crippen LogP contribution in [0.25, 0.3) is 10.4 Å². The number of ether oxygens (including phenoxy) is 18. The number of rotatable bonds is 37. The summed E-state index contributed by atoms with van der Waals surface area (Å²) in [5, 5.41) is 3.94. The molecule has 10 rings (SSSR count). The van der Waals surface area contributed by atoms with E-state index in [4.69, 9.17) is 89.7 Å². The summed E-state index contributed by atoms with van der Waals surface area (Å²) >= 11 is 0. The molecule has 6 aromatic rings. The molecule has 4 fully saturated rings. The fourth-order valence-electron chi connectivity index (χ4n) is 13.8. The third-order valence-corrected chi connectivity index (χ3v) is 24.7. The summed E-state index contributed by atoms with van der Waals surface area (Å²) in [4.78, 5) is 91.4. The Morgan fingerprint density at radius 3 is 1.17 bits per heavy atom. The Kier molecular flexibility index (Phi) is 32.9. The Labute approximate surface area is 670 Å². The summed E-state index contributed by atoms with van der Waals surface area (Å²) in [5.74, 6) is -5.56. The van der Waals surface area contributed by atoms with E-state index < -0.39 is 178 Å². The molecule has 30 heteroatoms. The van der Waals surface area contributed by atoms with Gasteiger partial charge in [-0.25, -0.2) is 9.59 Å². The van der Waals surface area contributed by atoms with Gasteiger partial charge in [0.2, 0.25) is 11.8 Å². The molecule has 115 heavy (non-hydrogen) atoms. The van der Waals surface area contributed by atoms with E-state index in [2.05, 4.69) is 16.6 Å². The lowest BCUT2D eigenvalue weighted by Gasteiger charge is -2.53. The molecule has 2 amide bonds. The second-order valence-corrected chi connectivity index (χ2v) is 34.3. The SMILES string of the molecule is C=CCO[C@H]1[C@H](OCc2ccccc2)[C@@H](OC(C)=O)[C@H](O[C@H]2[C@H](OCc3ccccc3)[C@@H](N(C(C)=O)C(C)=O)[C@@H](O[C@H]3[C@H](OCc4ccccc4)[C@@H](OC(C)=O)[C@H](O[C@H]4[C@H](OCc5ccccc5)[C@@H](N=[N+]=[N-])[C@H](O[Si](C)(C)C(C)(C)C)O[C@@H]4COCc4ccccc4)O[C@H]3C(=O)OC)O[C@@H]2COCc2ccccc2)O[C@H]1C(=O)OC. The number of amides is 2.